The number of amides is 1. The highest BCUT2D eigenvalue weighted by molar-refractivity contribution is 5.98. The molecule has 0 unspecified atom stereocenters. The fraction of sp³-hybridized carbons (Fsp3) is 0.588. The molecule has 1 aromatic rings. The Morgan fingerprint density at radius 3 is 2.77 bits per heavy atom. The van der Waals surface area contributed by atoms with Crippen LogP contribution in [-0.4, -0.2) is 30.8 Å². The van der Waals surface area contributed by atoms with Crippen LogP contribution in [0.3, 0.4) is 0 Å². The zero-order valence-electron chi connectivity index (χ0n) is 13.4. The van der Waals surface area contributed by atoms with Gasteiger partial charge >= 0.3 is 0 Å². The van der Waals surface area contributed by atoms with E-state index in [0.717, 1.165) is 31.2 Å². The van der Waals surface area contributed by atoms with Gasteiger partial charge in [-0.05, 0) is 30.5 Å². The van der Waals surface area contributed by atoms with Crippen LogP contribution in [0, 0.1) is 0 Å². The van der Waals surface area contributed by atoms with E-state index in [2.05, 4.69) is 6.92 Å². The summed E-state index contributed by atoms with van der Waals surface area (Å²) >= 11 is 0. The van der Waals surface area contributed by atoms with Crippen molar-refractivity contribution in [2.24, 2.45) is 0 Å². The molecule has 0 aromatic heterocycles. The van der Waals surface area contributed by atoms with Gasteiger partial charge in [-0.3, -0.25) is 4.79 Å². The Morgan fingerprint density at radius 2 is 2.09 bits per heavy atom. The molecule has 5 nitrogen and oxygen atoms in total. The number of aliphatic hydroxyl groups excluding tert-OH is 1. The first-order valence-corrected chi connectivity index (χ1v) is 8.05. The van der Waals surface area contributed by atoms with E-state index in [9.17, 15) is 9.90 Å². The molecule has 0 spiro atoms. The van der Waals surface area contributed by atoms with Gasteiger partial charge in [-0.25, -0.2) is 0 Å². The summed E-state index contributed by atoms with van der Waals surface area (Å²) in [5.41, 5.74) is 1.44. The molecule has 22 heavy (non-hydrogen) atoms. The van der Waals surface area contributed by atoms with Crippen molar-refractivity contribution in [1.29, 1.82) is 0 Å². The Balaban J connectivity index is 2.32. The van der Waals surface area contributed by atoms with E-state index in [1.54, 1.807) is 11.0 Å². The van der Waals surface area contributed by atoms with Crippen molar-refractivity contribution in [3.63, 3.8) is 0 Å². The van der Waals surface area contributed by atoms with Crippen molar-refractivity contribution in [3.8, 4) is 11.5 Å². The average molecular weight is 307 g/mol. The number of carbonyl (C=O) groups excluding carboxylic acids is 1. The summed E-state index contributed by atoms with van der Waals surface area (Å²) in [7, 11) is 0. The summed E-state index contributed by atoms with van der Waals surface area (Å²) in [5.74, 6) is 1.18. The van der Waals surface area contributed by atoms with Crippen molar-refractivity contribution in [2.75, 3.05) is 24.7 Å². The second kappa shape index (κ2) is 8.03. The van der Waals surface area contributed by atoms with Gasteiger partial charge in [0.2, 0.25) is 0 Å². The number of unbranched alkanes of at least 4 members (excludes halogenated alkanes) is 2. The number of carbonyl (C=O) groups is 1. The second-order valence-corrected chi connectivity index (χ2v) is 5.49. The van der Waals surface area contributed by atoms with Crippen LogP contribution in [0.5, 0.6) is 11.5 Å². The van der Waals surface area contributed by atoms with Gasteiger partial charge in [0.15, 0.2) is 18.1 Å². The number of fused-ring (bicyclic) bond motifs is 1. The molecule has 0 aliphatic carbocycles. The van der Waals surface area contributed by atoms with Gasteiger partial charge in [0, 0.05) is 6.54 Å². The standard InChI is InChI=1S/C17H25NO4/c1-3-5-6-7-18-14-9-13(11-19)10-15(21-8-4-2)17(14)22-12-16(18)20/h9-10,19H,3-8,11-12H2,1-2H3. The molecule has 1 heterocycles. The van der Waals surface area contributed by atoms with Gasteiger partial charge < -0.3 is 19.5 Å². The van der Waals surface area contributed by atoms with E-state index >= 15 is 0 Å². The lowest BCUT2D eigenvalue weighted by atomic mass is 10.1. The number of anilines is 1. The van der Waals surface area contributed by atoms with E-state index in [-0.39, 0.29) is 19.1 Å². The smallest absolute Gasteiger partial charge is 0.265 e. The van der Waals surface area contributed by atoms with Crippen molar-refractivity contribution >= 4 is 11.6 Å². The average Bonchev–Trinajstić information content (AvgIpc) is 2.54. The number of rotatable bonds is 8. The third-order valence-corrected chi connectivity index (χ3v) is 3.66. The quantitative estimate of drug-likeness (QED) is 0.750. The van der Waals surface area contributed by atoms with Crippen molar-refractivity contribution in [2.45, 2.75) is 46.1 Å². The summed E-state index contributed by atoms with van der Waals surface area (Å²) < 4.78 is 11.3. The molecule has 1 aliphatic heterocycles. The molecule has 1 aliphatic rings. The molecule has 1 amide bonds. The number of ether oxygens (including phenoxy) is 2. The summed E-state index contributed by atoms with van der Waals surface area (Å²) in [6.45, 7) is 5.37. The van der Waals surface area contributed by atoms with E-state index in [1.165, 1.54) is 0 Å². The van der Waals surface area contributed by atoms with Gasteiger partial charge in [0.05, 0.1) is 18.9 Å². The monoisotopic (exact) mass is 307 g/mol. The Kier molecular flexibility index (Phi) is 6.07. The van der Waals surface area contributed by atoms with Gasteiger partial charge in [0.25, 0.3) is 5.91 Å². The summed E-state index contributed by atoms with van der Waals surface area (Å²) in [6, 6.07) is 3.60. The number of aliphatic hydroxyl groups is 1. The molecule has 0 saturated heterocycles. The Bertz CT molecular complexity index is 516. The van der Waals surface area contributed by atoms with Crippen LogP contribution in [0.4, 0.5) is 5.69 Å². The predicted octanol–water partition coefficient (Wildman–Crippen LogP) is 2.88. The Hall–Kier alpha value is -1.75. The zero-order valence-corrected chi connectivity index (χ0v) is 13.4. The fourth-order valence-corrected chi connectivity index (χ4v) is 2.51. The molecule has 0 atom stereocenters. The molecule has 5 heteroatoms. The van der Waals surface area contributed by atoms with Crippen molar-refractivity contribution < 1.29 is 19.4 Å². The van der Waals surface area contributed by atoms with E-state index in [4.69, 9.17) is 9.47 Å². The summed E-state index contributed by atoms with van der Waals surface area (Å²) in [4.78, 5) is 13.9. The lowest BCUT2D eigenvalue weighted by Gasteiger charge is -2.31. The van der Waals surface area contributed by atoms with Crippen LogP contribution in [0.2, 0.25) is 0 Å². The molecule has 2 rings (SSSR count). The Morgan fingerprint density at radius 1 is 1.27 bits per heavy atom. The zero-order chi connectivity index (χ0) is 15.9. The Labute approximate surface area is 131 Å². The minimum atomic E-state index is -0.0905. The highest BCUT2D eigenvalue weighted by atomic mass is 16.5. The number of hydrogen-bond donors (Lipinski definition) is 1. The molecule has 0 bridgehead atoms. The molecule has 0 radical (unpaired) electrons. The SMILES string of the molecule is CCCCCN1C(=O)COc2c(OCCC)cc(CO)cc21. The molecule has 1 N–H and O–H groups in total. The third-order valence-electron chi connectivity index (χ3n) is 3.66. The molecule has 0 fully saturated rings. The molecule has 122 valence electrons. The summed E-state index contributed by atoms with van der Waals surface area (Å²) in [6.07, 6.45) is 4.03. The van der Waals surface area contributed by atoms with E-state index in [1.807, 2.05) is 13.0 Å². The fourth-order valence-electron chi connectivity index (χ4n) is 2.51. The normalized spacial score (nSPS) is 13.8. The van der Waals surface area contributed by atoms with E-state index in [0.29, 0.717) is 30.3 Å². The molecular formula is C17H25NO4. The largest absolute Gasteiger partial charge is 0.490 e. The van der Waals surface area contributed by atoms with Gasteiger partial charge in [-0.1, -0.05) is 26.7 Å². The third kappa shape index (κ3) is 3.71. The lowest BCUT2D eigenvalue weighted by molar-refractivity contribution is -0.121. The van der Waals surface area contributed by atoms with Crippen molar-refractivity contribution in [1.82, 2.24) is 0 Å². The number of hydrogen-bond acceptors (Lipinski definition) is 4. The van der Waals surface area contributed by atoms with Crippen LogP contribution in [0.1, 0.15) is 45.1 Å². The van der Waals surface area contributed by atoms with Crippen LogP contribution < -0.4 is 14.4 Å². The minimum absolute atomic E-state index is 0.0415. The van der Waals surface area contributed by atoms with Crippen molar-refractivity contribution in [3.05, 3.63) is 17.7 Å². The molecular weight excluding hydrogens is 282 g/mol. The first-order valence-electron chi connectivity index (χ1n) is 8.05. The topological polar surface area (TPSA) is 59.0 Å². The molecule has 1 aromatic carbocycles. The maximum Gasteiger partial charge on any atom is 0.265 e. The first-order chi connectivity index (χ1) is 10.7. The van der Waals surface area contributed by atoms with Gasteiger partial charge in [0.1, 0.15) is 0 Å². The van der Waals surface area contributed by atoms with E-state index < -0.39 is 0 Å². The maximum absolute atomic E-state index is 12.2. The number of nitrogens with zero attached hydrogens (tertiary/aromatic N) is 1. The van der Waals surface area contributed by atoms with Crippen LogP contribution >= 0.6 is 0 Å². The maximum atomic E-state index is 12.2. The van der Waals surface area contributed by atoms with Crippen LogP contribution in [0.25, 0.3) is 0 Å². The highest BCUT2D eigenvalue weighted by Gasteiger charge is 2.28. The highest BCUT2D eigenvalue weighted by Crippen LogP contribution is 2.41. The van der Waals surface area contributed by atoms with Crippen LogP contribution in [0.15, 0.2) is 12.1 Å². The lowest BCUT2D eigenvalue weighted by Crippen LogP contribution is -2.39. The predicted molar refractivity (Wildman–Crippen MR) is 85.5 cm³/mol. The van der Waals surface area contributed by atoms with Crippen LogP contribution in [-0.2, 0) is 11.4 Å². The molecule has 0 saturated carbocycles. The minimum Gasteiger partial charge on any atom is -0.490 e. The van der Waals surface area contributed by atoms with Gasteiger partial charge in [-0.2, -0.15) is 0 Å². The van der Waals surface area contributed by atoms with Gasteiger partial charge in [-0.15, -0.1) is 0 Å². The number of benzene rings is 1. The summed E-state index contributed by atoms with van der Waals surface area (Å²) in [5, 5.41) is 9.46. The first kappa shape index (κ1) is 16.6. The second-order valence-electron chi connectivity index (χ2n) is 5.49.